The van der Waals surface area contributed by atoms with Crippen molar-refractivity contribution in [1.82, 2.24) is 9.55 Å². The molecule has 0 aliphatic carbocycles. The summed E-state index contributed by atoms with van der Waals surface area (Å²) in [6.45, 7) is 3.80. The van der Waals surface area contributed by atoms with Crippen LogP contribution < -0.4 is 4.90 Å². The molecule has 15 heavy (non-hydrogen) atoms. The lowest BCUT2D eigenvalue weighted by Crippen LogP contribution is -2.33. The van der Waals surface area contributed by atoms with E-state index >= 15 is 0 Å². The molecule has 0 fully saturated rings. The number of aliphatic hydroxyl groups excluding tert-OH is 1. The summed E-state index contributed by atoms with van der Waals surface area (Å²) in [6, 6.07) is 0. The second-order valence-electron chi connectivity index (χ2n) is 3.50. The number of rotatable bonds is 6. The number of aromatic nitrogens is 2. The lowest BCUT2D eigenvalue weighted by atomic mass is 10.3. The fraction of sp³-hybridized carbons (Fsp3) is 0.700. The summed E-state index contributed by atoms with van der Waals surface area (Å²) < 4.78 is 6.90. The van der Waals surface area contributed by atoms with Gasteiger partial charge in [-0.05, 0) is 6.92 Å². The van der Waals surface area contributed by atoms with Gasteiger partial charge in [0.25, 0.3) is 0 Å². The van der Waals surface area contributed by atoms with Crippen LogP contribution in [0, 0.1) is 0 Å². The molecule has 0 saturated carbocycles. The topological polar surface area (TPSA) is 50.5 Å². The second kappa shape index (κ2) is 5.72. The van der Waals surface area contributed by atoms with Crippen molar-refractivity contribution >= 4 is 5.95 Å². The normalized spacial score (nSPS) is 12.8. The maximum absolute atomic E-state index is 9.58. The van der Waals surface area contributed by atoms with Crippen molar-refractivity contribution in [3.8, 4) is 0 Å². The van der Waals surface area contributed by atoms with Gasteiger partial charge >= 0.3 is 0 Å². The van der Waals surface area contributed by atoms with Gasteiger partial charge in [-0.1, -0.05) is 0 Å². The molecule has 1 rings (SSSR count). The predicted molar refractivity (Wildman–Crippen MR) is 59.1 cm³/mol. The molecule has 0 aliphatic rings. The minimum Gasteiger partial charge on any atom is -0.389 e. The number of likely N-dealkylation sites (N-methyl/N-ethyl adjacent to an activating group) is 1. The van der Waals surface area contributed by atoms with Crippen molar-refractivity contribution in [1.29, 1.82) is 0 Å². The number of ether oxygens (including phenoxy) is 1. The Morgan fingerprint density at radius 1 is 1.67 bits per heavy atom. The Balaban J connectivity index is 2.56. The molecular weight excluding hydrogens is 194 g/mol. The molecule has 1 aromatic heterocycles. The molecule has 5 nitrogen and oxygen atoms in total. The fourth-order valence-corrected chi connectivity index (χ4v) is 1.53. The molecule has 0 aromatic carbocycles. The van der Waals surface area contributed by atoms with Crippen molar-refractivity contribution in [2.24, 2.45) is 0 Å². The molecule has 86 valence electrons. The van der Waals surface area contributed by atoms with Gasteiger partial charge in [-0.25, -0.2) is 4.98 Å². The molecule has 1 N–H and O–H groups in total. The van der Waals surface area contributed by atoms with Crippen LogP contribution in [0.15, 0.2) is 12.4 Å². The van der Waals surface area contributed by atoms with E-state index in [0.29, 0.717) is 13.2 Å². The van der Waals surface area contributed by atoms with Gasteiger partial charge in [0.15, 0.2) is 0 Å². The van der Waals surface area contributed by atoms with Crippen LogP contribution in [0.25, 0.3) is 0 Å². The van der Waals surface area contributed by atoms with Crippen LogP contribution in [0.5, 0.6) is 0 Å². The Kier molecular flexibility index (Phi) is 4.58. The number of aliphatic hydroxyl groups is 1. The number of hydrogen-bond acceptors (Lipinski definition) is 4. The summed E-state index contributed by atoms with van der Waals surface area (Å²) in [6.07, 6.45) is 3.20. The summed E-state index contributed by atoms with van der Waals surface area (Å²) >= 11 is 0. The number of nitrogens with zero attached hydrogens (tertiary/aromatic N) is 3. The zero-order chi connectivity index (χ0) is 11.3. The molecule has 5 heteroatoms. The molecule has 0 radical (unpaired) electrons. The standard InChI is InChI=1S/C10H19N3O2/c1-4-13-6-5-11-10(13)12(2)7-9(14)8-15-3/h5-6,9,14H,4,7-8H2,1-3H3. The van der Waals surface area contributed by atoms with Crippen molar-refractivity contribution in [2.75, 3.05) is 32.2 Å². The summed E-state index contributed by atoms with van der Waals surface area (Å²) in [5.41, 5.74) is 0. The van der Waals surface area contributed by atoms with Crippen LogP contribution >= 0.6 is 0 Å². The smallest absolute Gasteiger partial charge is 0.205 e. The van der Waals surface area contributed by atoms with E-state index in [2.05, 4.69) is 11.9 Å². The van der Waals surface area contributed by atoms with Gasteiger partial charge in [0.1, 0.15) is 0 Å². The highest BCUT2D eigenvalue weighted by Crippen LogP contribution is 2.09. The van der Waals surface area contributed by atoms with Crippen molar-refractivity contribution in [3.63, 3.8) is 0 Å². The Labute approximate surface area is 90.3 Å². The summed E-state index contributed by atoms with van der Waals surface area (Å²) in [4.78, 5) is 6.16. The van der Waals surface area contributed by atoms with Crippen LogP contribution in [0.4, 0.5) is 5.95 Å². The molecule has 0 spiro atoms. The van der Waals surface area contributed by atoms with Gasteiger partial charge < -0.3 is 19.3 Å². The average Bonchev–Trinajstić information content (AvgIpc) is 2.65. The molecule has 0 saturated heterocycles. The third-order valence-electron chi connectivity index (χ3n) is 2.22. The Hall–Kier alpha value is -1.07. The highest BCUT2D eigenvalue weighted by molar-refractivity contribution is 5.29. The van der Waals surface area contributed by atoms with E-state index in [1.807, 2.05) is 22.7 Å². The first kappa shape index (κ1) is 12.0. The van der Waals surface area contributed by atoms with Crippen LogP contribution in [-0.4, -0.2) is 48.1 Å². The number of anilines is 1. The van der Waals surface area contributed by atoms with Gasteiger partial charge in [0, 0.05) is 39.6 Å². The van der Waals surface area contributed by atoms with Crippen LogP contribution in [0.3, 0.4) is 0 Å². The third-order valence-corrected chi connectivity index (χ3v) is 2.22. The van der Waals surface area contributed by atoms with Gasteiger partial charge in [-0.15, -0.1) is 0 Å². The Morgan fingerprint density at radius 2 is 2.40 bits per heavy atom. The van der Waals surface area contributed by atoms with Crippen LogP contribution in [0.2, 0.25) is 0 Å². The van der Waals surface area contributed by atoms with E-state index in [-0.39, 0.29) is 0 Å². The van der Waals surface area contributed by atoms with Crippen molar-refractivity contribution < 1.29 is 9.84 Å². The lowest BCUT2D eigenvalue weighted by molar-refractivity contribution is 0.0692. The first-order valence-corrected chi connectivity index (χ1v) is 5.08. The van der Waals surface area contributed by atoms with Crippen LogP contribution in [-0.2, 0) is 11.3 Å². The van der Waals surface area contributed by atoms with Gasteiger partial charge in [0.2, 0.25) is 5.95 Å². The van der Waals surface area contributed by atoms with E-state index in [1.165, 1.54) is 0 Å². The van der Waals surface area contributed by atoms with E-state index < -0.39 is 6.10 Å². The largest absolute Gasteiger partial charge is 0.389 e. The first-order chi connectivity index (χ1) is 7.19. The molecule has 0 bridgehead atoms. The Bertz CT molecular complexity index is 288. The van der Waals surface area contributed by atoms with E-state index in [0.717, 1.165) is 12.5 Å². The number of aryl methyl sites for hydroxylation is 1. The molecule has 1 heterocycles. The van der Waals surface area contributed by atoms with E-state index in [9.17, 15) is 5.11 Å². The van der Waals surface area contributed by atoms with E-state index in [4.69, 9.17) is 4.74 Å². The zero-order valence-electron chi connectivity index (χ0n) is 9.55. The fourth-order valence-electron chi connectivity index (χ4n) is 1.53. The minimum atomic E-state index is -0.484. The number of hydrogen-bond donors (Lipinski definition) is 1. The highest BCUT2D eigenvalue weighted by atomic mass is 16.5. The third kappa shape index (κ3) is 3.21. The van der Waals surface area contributed by atoms with Gasteiger partial charge in [-0.2, -0.15) is 0 Å². The monoisotopic (exact) mass is 213 g/mol. The molecule has 0 aliphatic heterocycles. The number of imidazole rings is 1. The molecule has 1 unspecified atom stereocenters. The summed E-state index contributed by atoms with van der Waals surface area (Å²) in [5, 5.41) is 9.58. The summed E-state index contributed by atoms with van der Waals surface area (Å²) in [7, 11) is 3.49. The van der Waals surface area contributed by atoms with Crippen molar-refractivity contribution in [2.45, 2.75) is 19.6 Å². The van der Waals surface area contributed by atoms with Gasteiger partial charge in [0.05, 0.1) is 12.7 Å². The second-order valence-corrected chi connectivity index (χ2v) is 3.50. The van der Waals surface area contributed by atoms with Crippen molar-refractivity contribution in [3.05, 3.63) is 12.4 Å². The molecule has 1 atom stereocenters. The SMILES string of the molecule is CCn1ccnc1N(C)CC(O)COC. The first-order valence-electron chi connectivity index (χ1n) is 5.08. The number of methoxy groups -OCH3 is 1. The van der Waals surface area contributed by atoms with Gasteiger partial charge in [-0.3, -0.25) is 0 Å². The predicted octanol–water partition coefficient (Wildman–Crippen LogP) is 0.346. The van der Waals surface area contributed by atoms with Crippen LogP contribution in [0.1, 0.15) is 6.92 Å². The molecular formula is C10H19N3O2. The quantitative estimate of drug-likeness (QED) is 0.740. The maximum atomic E-state index is 9.58. The van der Waals surface area contributed by atoms with E-state index in [1.54, 1.807) is 13.3 Å². The lowest BCUT2D eigenvalue weighted by Gasteiger charge is -2.21. The average molecular weight is 213 g/mol. The zero-order valence-corrected chi connectivity index (χ0v) is 9.55. The molecule has 1 aromatic rings. The minimum absolute atomic E-state index is 0.344. The summed E-state index contributed by atoms with van der Waals surface area (Å²) in [5.74, 6) is 0.868. The maximum Gasteiger partial charge on any atom is 0.205 e. The highest BCUT2D eigenvalue weighted by Gasteiger charge is 2.12. The molecule has 0 amide bonds. The Morgan fingerprint density at radius 3 is 3.00 bits per heavy atom.